The van der Waals surface area contributed by atoms with Crippen molar-refractivity contribution in [2.45, 2.75) is 32.2 Å². The molecule has 7 heteroatoms. The number of H-pyrrole nitrogens is 1. The highest BCUT2D eigenvalue weighted by molar-refractivity contribution is 5.76. The number of ether oxygens (including phenoxy) is 1. The van der Waals surface area contributed by atoms with Gasteiger partial charge in [-0.25, -0.2) is 4.99 Å². The summed E-state index contributed by atoms with van der Waals surface area (Å²) >= 11 is 0. The van der Waals surface area contributed by atoms with Gasteiger partial charge in [-0.15, -0.1) is 0 Å². The average molecular weight is 304 g/mol. The number of nitrogens with one attached hydrogen (secondary N) is 2. The second kappa shape index (κ2) is 6.50. The van der Waals surface area contributed by atoms with E-state index in [9.17, 15) is 0 Å². The number of methoxy groups -OCH3 is 1. The number of likely N-dealkylation sites (tertiary alicyclic amines) is 1. The monoisotopic (exact) mass is 304 g/mol. The maximum Gasteiger partial charge on any atom is 0.234 e. The minimum absolute atomic E-state index is 0.371. The molecule has 1 unspecified atom stereocenters. The van der Waals surface area contributed by atoms with Crippen molar-refractivity contribution < 1.29 is 4.74 Å². The van der Waals surface area contributed by atoms with Crippen LogP contribution in [0.4, 0.5) is 5.82 Å². The fourth-order valence-electron chi connectivity index (χ4n) is 3.02. The molecule has 22 heavy (non-hydrogen) atoms. The van der Waals surface area contributed by atoms with Gasteiger partial charge in [-0.1, -0.05) is 0 Å². The molecule has 1 aromatic rings. The fraction of sp³-hybridized carbons (Fsp3) is 0.600. The topological polar surface area (TPSA) is 68.8 Å². The standard InChI is InChI=1S/C15H24N6O/c1-11-10-13(19-18-11)21-14(4-7-17-15(21)22-3)20-8-5-12(16-2)6-9-20/h4,7,10,12,15-16H,5-6,8-9H2,1-3H3,(H,18,19). The maximum absolute atomic E-state index is 5.53. The molecule has 3 rings (SSSR count). The van der Waals surface area contributed by atoms with Crippen molar-refractivity contribution in [1.29, 1.82) is 0 Å². The van der Waals surface area contributed by atoms with Crippen LogP contribution in [-0.2, 0) is 4.74 Å². The van der Waals surface area contributed by atoms with E-state index in [0.29, 0.717) is 6.04 Å². The van der Waals surface area contributed by atoms with Gasteiger partial charge >= 0.3 is 0 Å². The predicted octanol–water partition coefficient (Wildman–Crippen LogP) is 1.06. The first-order chi connectivity index (χ1) is 10.7. The van der Waals surface area contributed by atoms with Crippen LogP contribution in [0.5, 0.6) is 0 Å². The lowest BCUT2D eigenvalue weighted by atomic mass is 10.1. The van der Waals surface area contributed by atoms with Gasteiger partial charge in [-0.2, -0.15) is 5.10 Å². The summed E-state index contributed by atoms with van der Waals surface area (Å²) in [6.07, 6.45) is 5.76. The Morgan fingerprint density at radius 2 is 2.14 bits per heavy atom. The van der Waals surface area contributed by atoms with E-state index in [4.69, 9.17) is 4.74 Å². The Morgan fingerprint density at radius 3 is 2.73 bits per heavy atom. The van der Waals surface area contributed by atoms with Crippen molar-refractivity contribution in [3.05, 3.63) is 23.7 Å². The Morgan fingerprint density at radius 1 is 1.36 bits per heavy atom. The van der Waals surface area contributed by atoms with Crippen molar-refractivity contribution in [3.8, 4) is 0 Å². The van der Waals surface area contributed by atoms with Gasteiger partial charge in [0.05, 0.1) is 0 Å². The molecule has 2 N–H and O–H groups in total. The Labute approximate surface area is 131 Å². The van der Waals surface area contributed by atoms with Gasteiger partial charge in [-0.05, 0) is 32.9 Å². The molecule has 120 valence electrons. The van der Waals surface area contributed by atoms with Crippen molar-refractivity contribution in [1.82, 2.24) is 20.4 Å². The zero-order valence-electron chi connectivity index (χ0n) is 13.4. The van der Waals surface area contributed by atoms with Gasteiger partial charge in [-0.3, -0.25) is 10.00 Å². The Balaban J connectivity index is 1.84. The molecule has 1 atom stereocenters. The summed E-state index contributed by atoms with van der Waals surface area (Å²) in [6.45, 7) is 4.02. The number of allylic oxidation sites excluding steroid dienone is 1. The molecule has 2 aliphatic rings. The summed E-state index contributed by atoms with van der Waals surface area (Å²) in [7, 11) is 3.71. The molecule has 0 amide bonds. The second-order valence-corrected chi connectivity index (χ2v) is 5.71. The molecule has 1 saturated heterocycles. The number of aryl methyl sites for hydroxylation is 1. The van der Waals surface area contributed by atoms with E-state index in [1.54, 1.807) is 7.11 Å². The van der Waals surface area contributed by atoms with Crippen molar-refractivity contribution in [2.75, 3.05) is 32.1 Å². The number of nitrogens with zero attached hydrogens (tertiary/aromatic N) is 4. The summed E-state index contributed by atoms with van der Waals surface area (Å²) in [5.41, 5.74) is 1.02. The minimum atomic E-state index is -0.371. The third-order valence-corrected chi connectivity index (χ3v) is 4.28. The van der Waals surface area contributed by atoms with E-state index in [1.165, 1.54) is 0 Å². The highest BCUT2D eigenvalue weighted by Crippen LogP contribution is 2.28. The van der Waals surface area contributed by atoms with Crippen LogP contribution in [0.2, 0.25) is 0 Å². The molecule has 2 aliphatic heterocycles. The number of anilines is 1. The van der Waals surface area contributed by atoms with Crippen molar-refractivity contribution >= 4 is 12.0 Å². The van der Waals surface area contributed by atoms with E-state index >= 15 is 0 Å². The van der Waals surface area contributed by atoms with Gasteiger partial charge in [0.15, 0.2) is 5.82 Å². The number of aromatic nitrogens is 2. The Hall–Kier alpha value is -1.86. The summed E-state index contributed by atoms with van der Waals surface area (Å²) in [5.74, 6) is 1.94. The van der Waals surface area contributed by atoms with E-state index in [0.717, 1.165) is 43.3 Å². The number of aromatic amines is 1. The summed E-state index contributed by atoms with van der Waals surface area (Å²) in [5, 5.41) is 10.7. The molecule has 0 radical (unpaired) electrons. The van der Waals surface area contributed by atoms with Gasteiger partial charge in [0.2, 0.25) is 6.35 Å². The van der Waals surface area contributed by atoms with E-state index in [2.05, 4.69) is 25.4 Å². The van der Waals surface area contributed by atoms with E-state index in [1.807, 2.05) is 37.2 Å². The van der Waals surface area contributed by atoms with E-state index < -0.39 is 0 Å². The van der Waals surface area contributed by atoms with Crippen LogP contribution in [0.25, 0.3) is 0 Å². The largest absolute Gasteiger partial charge is 0.358 e. The van der Waals surface area contributed by atoms with Gasteiger partial charge < -0.3 is 15.0 Å². The Kier molecular flexibility index (Phi) is 4.44. The molecular formula is C15H24N6O. The zero-order valence-corrected chi connectivity index (χ0v) is 13.4. The number of hydrogen-bond acceptors (Lipinski definition) is 6. The first-order valence-electron chi connectivity index (χ1n) is 7.72. The molecule has 7 nitrogen and oxygen atoms in total. The molecule has 0 saturated carbocycles. The fourth-order valence-corrected chi connectivity index (χ4v) is 3.02. The first kappa shape index (κ1) is 15.1. The second-order valence-electron chi connectivity index (χ2n) is 5.71. The van der Waals surface area contributed by atoms with Crippen LogP contribution < -0.4 is 10.2 Å². The van der Waals surface area contributed by atoms with Crippen LogP contribution in [0, 0.1) is 6.92 Å². The van der Waals surface area contributed by atoms with Gasteiger partial charge in [0, 0.05) is 44.2 Å². The predicted molar refractivity (Wildman–Crippen MR) is 86.8 cm³/mol. The van der Waals surface area contributed by atoms with E-state index in [-0.39, 0.29) is 6.35 Å². The molecule has 1 aromatic heterocycles. The number of rotatable bonds is 4. The van der Waals surface area contributed by atoms with Crippen LogP contribution in [0.3, 0.4) is 0 Å². The van der Waals surface area contributed by atoms with Crippen LogP contribution in [0.1, 0.15) is 18.5 Å². The molecule has 0 aliphatic carbocycles. The van der Waals surface area contributed by atoms with Crippen molar-refractivity contribution in [2.24, 2.45) is 4.99 Å². The molecule has 0 aromatic carbocycles. The normalized spacial score (nSPS) is 23.0. The lowest BCUT2D eigenvalue weighted by Crippen LogP contribution is -2.48. The average Bonchev–Trinajstić information content (AvgIpc) is 3.00. The molecule has 0 bridgehead atoms. The highest BCUT2D eigenvalue weighted by atomic mass is 16.5. The number of piperidine rings is 1. The first-order valence-corrected chi connectivity index (χ1v) is 7.72. The van der Waals surface area contributed by atoms with Crippen LogP contribution in [0.15, 0.2) is 23.0 Å². The third-order valence-electron chi connectivity index (χ3n) is 4.28. The minimum Gasteiger partial charge on any atom is -0.358 e. The highest BCUT2D eigenvalue weighted by Gasteiger charge is 2.30. The Bertz CT molecular complexity index is 558. The smallest absolute Gasteiger partial charge is 0.234 e. The summed E-state index contributed by atoms with van der Waals surface area (Å²) < 4.78 is 5.53. The quantitative estimate of drug-likeness (QED) is 0.871. The van der Waals surface area contributed by atoms with Gasteiger partial charge in [0.25, 0.3) is 0 Å². The molecule has 1 fully saturated rings. The lowest BCUT2D eigenvalue weighted by molar-refractivity contribution is 0.100. The third kappa shape index (κ3) is 2.86. The lowest BCUT2D eigenvalue weighted by Gasteiger charge is -2.41. The summed E-state index contributed by atoms with van der Waals surface area (Å²) in [6, 6.07) is 2.62. The van der Waals surface area contributed by atoms with Gasteiger partial charge in [0.1, 0.15) is 5.82 Å². The van der Waals surface area contributed by atoms with Crippen LogP contribution in [-0.4, -0.2) is 61.0 Å². The van der Waals surface area contributed by atoms with Crippen LogP contribution >= 0.6 is 0 Å². The number of aliphatic imine (C=N–C) groups is 1. The molecule has 3 heterocycles. The number of hydrogen-bond donors (Lipinski definition) is 2. The zero-order chi connectivity index (χ0) is 15.5. The van der Waals surface area contributed by atoms with Crippen molar-refractivity contribution in [3.63, 3.8) is 0 Å². The molecular weight excluding hydrogens is 280 g/mol. The molecule has 0 spiro atoms. The maximum atomic E-state index is 5.53. The SMILES string of the molecule is CNC1CCN(C2=CC=NC(OC)N2c2cc(C)[nH]n2)CC1. The summed E-state index contributed by atoms with van der Waals surface area (Å²) in [4.78, 5) is 8.83.